The average molecular weight is 172 g/mol. The van der Waals surface area contributed by atoms with Gasteiger partial charge in [-0.1, -0.05) is 13.8 Å². The zero-order valence-electron chi connectivity index (χ0n) is 8.03. The molecular weight excluding hydrogens is 152 g/mol. The van der Waals surface area contributed by atoms with E-state index in [-0.39, 0.29) is 0 Å². The zero-order valence-corrected chi connectivity index (χ0v) is 8.03. The van der Waals surface area contributed by atoms with Crippen molar-refractivity contribution in [1.82, 2.24) is 0 Å². The lowest BCUT2D eigenvalue weighted by Crippen LogP contribution is -2.23. The van der Waals surface area contributed by atoms with Crippen LogP contribution >= 0.6 is 0 Å². The molecule has 0 amide bonds. The maximum Gasteiger partial charge on any atom is 0.0799 e. The maximum atomic E-state index is 9.41. The first-order valence-corrected chi connectivity index (χ1v) is 4.97. The van der Waals surface area contributed by atoms with Gasteiger partial charge in [0.1, 0.15) is 0 Å². The van der Waals surface area contributed by atoms with Gasteiger partial charge in [0, 0.05) is 0 Å². The summed E-state index contributed by atoms with van der Waals surface area (Å²) in [5, 5.41) is 18.8. The Morgan fingerprint density at radius 1 is 0.917 bits per heavy atom. The Balaban J connectivity index is 2.44. The third-order valence-electron chi connectivity index (χ3n) is 3.05. The molecule has 1 aliphatic carbocycles. The van der Waals surface area contributed by atoms with E-state index in [9.17, 15) is 10.2 Å². The van der Waals surface area contributed by atoms with E-state index in [4.69, 9.17) is 0 Å². The smallest absolute Gasteiger partial charge is 0.0799 e. The second-order valence-corrected chi connectivity index (χ2v) is 4.29. The van der Waals surface area contributed by atoms with E-state index >= 15 is 0 Å². The van der Waals surface area contributed by atoms with Crippen molar-refractivity contribution in [3.8, 4) is 0 Å². The molecule has 72 valence electrons. The Morgan fingerprint density at radius 3 is 1.67 bits per heavy atom. The van der Waals surface area contributed by atoms with Crippen molar-refractivity contribution in [3.63, 3.8) is 0 Å². The van der Waals surface area contributed by atoms with Crippen LogP contribution in [0.5, 0.6) is 0 Å². The Hall–Kier alpha value is -0.0800. The van der Waals surface area contributed by atoms with Crippen molar-refractivity contribution in [1.29, 1.82) is 0 Å². The Labute approximate surface area is 74.6 Å². The molecule has 0 bridgehead atoms. The molecule has 1 rings (SSSR count). The molecule has 0 aromatic carbocycles. The van der Waals surface area contributed by atoms with E-state index in [0.29, 0.717) is 11.8 Å². The number of aliphatic hydroxyl groups excluding tert-OH is 2. The van der Waals surface area contributed by atoms with Crippen LogP contribution in [0.3, 0.4) is 0 Å². The molecule has 2 atom stereocenters. The SMILES string of the molecule is CC(C)C1CCC(O)C(O)CC1. The zero-order chi connectivity index (χ0) is 9.14. The lowest BCUT2D eigenvalue weighted by Gasteiger charge is -2.17. The molecule has 2 N–H and O–H groups in total. The summed E-state index contributed by atoms with van der Waals surface area (Å²) >= 11 is 0. The number of hydrogen-bond acceptors (Lipinski definition) is 2. The molecule has 2 unspecified atom stereocenters. The Morgan fingerprint density at radius 2 is 1.33 bits per heavy atom. The quantitative estimate of drug-likeness (QED) is 0.589. The minimum absolute atomic E-state index is 0.478. The second kappa shape index (κ2) is 4.24. The molecule has 2 heteroatoms. The number of aliphatic hydroxyl groups is 2. The molecule has 12 heavy (non-hydrogen) atoms. The predicted octanol–water partition coefficient (Wildman–Crippen LogP) is 1.55. The molecule has 0 aromatic heterocycles. The van der Waals surface area contributed by atoms with Crippen LogP contribution in [0.4, 0.5) is 0 Å². The summed E-state index contributed by atoms with van der Waals surface area (Å²) < 4.78 is 0. The summed E-state index contributed by atoms with van der Waals surface area (Å²) in [6, 6.07) is 0. The fourth-order valence-corrected chi connectivity index (χ4v) is 1.97. The molecule has 1 saturated carbocycles. The van der Waals surface area contributed by atoms with E-state index in [0.717, 1.165) is 25.7 Å². The van der Waals surface area contributed by atoms with Crippen molar-refractivity contribution in [2.45, 2.75) is 51.7 Å². The normalized spacial score (nSPS) is 38.2. The minimum Gasteiger partial charge on any atom is -0.390 e. The molecule has 0 aliphatic heterocycles. The Kier molecular flexibility index (Phi) is 3.53. The van der Waals surface area contributed by atoms with Gasteiger partial charge in [0.25, 0.3) is 0 Å². The summed E-state index contributed by atoms with van der Waals surface area (Å²) in [5.74, 6) is 1.37. The first kappa shape index (κ1) is 10.0. The predicted molar refractivity (Wildman–Crippen MR) is 48.8 cm³/mol. The third kappa shape index (κ3) is 2.46. The number of hydrogen-bond donors (Lipinski definition) is 2. The molecule has 0 saturated heterocycles. The van der Waals surface area contributed by atoms with Crippen molar-refractivity contribution in [2.75, 3.05) is 0 Å². The molecule has 1 aliphatic rings. The molecule has 0 heterocycles. The van der Waals surface area contributed by atoms with Crippen LogP contribution in [0, 0.1) is 11.8 Å². The van der Waals surface area contributed by atoms with E-state index in [1.807, 2.05) is 0 Å². The molecule has 0 radical (unpaired) electrons. The van der Waals surface area contributed by atoms with E-state index < -0.39 is 12.2 Å². The molecule has 1 fully saturated rings. The molecule has 0 spiro atoms. The standard InChI is InChI=1S/C10H20O2/c1-7(2)8-3-5-9(11)10(12)6-4-8/h7-12H,3-6H2,1-2H3. The highest BCUT2D eigenvalue weighted by Gasteiger charge is 2.25. The minimum atomic E-state index is -0.478. The maximum absolute atomic E-state index is 9.41. The van der Waals surface area contributed by atoms with E-state index in [1.165, 1.54) is 0 Å². The first-order valence-electron chi connectivity index (χ1n) is 4.97. The molecule has 0 aromatic rings. The van der Waals surface area contributed by atoms with Gasteiger partial charge >= 0.3 is 0 Å². The molecule has 2 nitrogen and oxygen atoms in total. The van der Waals surface area contributed by atoms with Crippen LogP contribution in [0.15, 0.2) is 0 Å². The Bertz CT molecular complexity index is 122. The van der Waals surface area contributed by atoms with Gasteiger partial charge in [-0.15, -0.1) is 0 Å². The fourth-order valence-electron chi connectivity index (χ4n) is 1.97. The van der Waals surface area contributed by atoms with E-state index in [2.05, 4.69) is 13.8 Å². The highest BCUT2D eigenvalue weighted by atomic mass is 16.3. The van der Waals surface area contributed by atoms with Crippen molar-refractivity contribution < 1.29 is 10.2 Å². The van der Waals surface area contributed by atoms with Gasteiger partial charge in [-0.2, -0.15) is 0 Å². The van der Waals surface area contributed by atoms with Gasteiger partial charge in [0.15, 0.2) is 0 Å². The van der Waals surface area contributed by atoms with Gasteiger partial charge in [-0.25, -0.2) is 0 Å². The summed E-state index contributed by atoms with van der Waals surface area (Å²) in [6.07, 6.45) is 2.71. The largest absolute Gasteiger partial charge is 0.390 e. The van der Waals surface area contributed by atoms with Gasteiger partial charge in [-0.3, -0.25) is 0 Å². The van der Waals surface area contributed by atoms with Crippen LogP contribution in [0.25, 0.3) is 0 Å². The van der Waals surface area contributed by atoms with Gasteiger partial charge in [0.2, 0.25) is 0 Å². The highest BCUT2D eigenvalue weighted by Crippen LogP contribution is 2.28. The number of rotatable bonds is 1. The summed E-state index contributed by atoms with van der Waals surface area (Å²) in [4.78, 5) is 0. The van der Waals surface area contributed by atoms with Crippen LogP contribution in [0.2, 0.25) is 0 Å². The van der Waals surface area contributed by atoms with Crippen LogP contribution < -0.4 is 0 Å². The lowest BCUT2D eigenvalue weighted by molar-refractivity contribution is 0.0157. The van der Waals surface area contributed by atoms with Gasteiger partial charge in [-0.05, 0) is 37.5 Å². The summed E-state index contributed by atoms with van der Waals surface area (Å²) in [6.45, 7) is 4.43. The van der Waals surface area contributed by atoms with Crippen LogP contribution in [-0.4, -0.2) is 22.4 Å². The van der Waals surface area contributed by atoms with Gasteiger partial charge < -0.3 is 10.2 Å². The molecular formula is C10H20O2. The van der Waals surface area contributed by atoms with E-state index in [1.54, 1.807) is 0 Å². The van der Waals surface area contributed by atoms with Crippen LogP contribution in [0.1, 0.15) is 39.5 Å². The second-order valence-electron chi connectivity index (χ2n) is 4.29. The van der Waals surface area contributed by atoms with Crippen molar-refractivity contribution >= 4 is 0 Å². The average Bonchev–Trinajstić information content (AvgIpc) is 2.16. The first-order chi connectivity index (χ1) is 5.61. The summed E-state index contributed by atoms with van der Waals surface area (Å²) in [7, 11) is 0. The third-order valence-corrected chi connectivity index (χ3v) is 3.05. The summed E-state index contributed by atoms with van der Waals surface area (Å²) in [5.41, 5.74) is 0. The van der Waals surface area contributed by atoms with Crippen molar-refractivity contribution in [3.05, 3.63) is 0 Å². The van der Waals surface area contributed by atoms with Crippen molar-refractivity contribution in [2.24, 2.45) is 11.8 Å². The fraction of sp³-hybridized carbons (Fsp3) is 1.00. The lowest BCUT2D eigenvalue weighted by atomic mass is 9.89. The highest BCUT2D eigenvalue weighted by molar-refractivity contribution is 4.77. The van der Waals surface area contributed by atoms with Gasteiger partial charge in [0.05, 0.1) is 12.2 Å². The monoisotopic (exact) mass is 172 g/mol. The topological polar surface area (TPSA) is 40.5 Å². The van der Waals surface area contributed by atoms with Crippen LogP contribution in [-0.2, 0) is 0 Å².